The highest BCUT2D eigenvalue weighted by molar-refractivity contribution is 6.08. The number of ether oxygens (including phenoxy) is 2. The molecular weight excluding hydrogens is 469 g/mol. The van der Waals surface area contributed by atoms with Gasteiger partial charge in [-0.25, -0.2) is 18.7 Å². The van der Waals surface area contributed by atoms with Crippen molar-refractivity contribution in [2.24, 2.45) is 5.92 Å². The number of hydrogen-bond donors (Lipinski definition) is 0. The molecular formula is C25H34FN5O5. The minimum Gasteiger partial charge on any atom is -0.443 e. The Balaban J connectivity index is 2.11. The third-order valence-electron chi connectivity index (χ3n) is 5.11. The van der Waals surface area contributed by atoms with Gasteiger partial charge in [0.25, 0.3) is 5.95 Å². The van der Waals surface area contributed by atoms with Gasteiger partial charge >= 0.3 is 12.2 Å². The molecule has 1 aliphatic heterocycles. The largest absolute Gasteiger partial charge is 0.443 e. The Kier molecular flexibility index (Phi) is 7.42. The minimum absolute atomic E-state index is 0.115. The van der Waals surface area contributed by atoms with Crippen LogP contribution in [0.3, 0.4) is 0 Å². The van der Waals surface area contributed by atoms with Crippen LogP contribution in [0.15, 0.2) is 24.3 Å². The topological polar surface area (TPSA) is 107 Å². The molecule has 196 valence electrons. The number of anilines is 1. The van der Waals surface area contributed by atoms with E-state index in [1.165, 1.54) is 16.8 Å². The van der Waals surface area contributed by atoms with Crippen LogP contribution in [0.5, 0.6) is 0 Å². The van der Waals surface area contributed by atoms with E-state index in [1.54, 1.807) is 72.4 Å². The quantitative estimate of drug-likeness (QED) is 0.598. The molecule has 2 aromatic rings. The Morgan fingerprint density at radius 3 is 1.97 bits per heavy atom. The van der Waals surface area contributed by atoms with Gasteiger partial charge in [-0.3, -0.25) is 4.79 Å². The molecule has 1 aromatic heterocycles. The van der Waals surface area contributed by atoms with E-state index in [4.69, 9.17) is 9.47 Å². The number of hydrogen-bond acceptors (Lipinski definition) is 7. The van der Waals surface area contributed by atoms with E-state index in [0.717, 1.165) is 0 Å². The molecule has 0 saturated heterocycles. The first kappa shape index (κ1) is 27.1. The lowest BCUT2D eigenvalue weighted by molar-refractivity contribution is -0.137. The van der Waals surface area contributed by atoms with E-state index in [2.05, 4.69) is 10.1 Å². The van der Waals surface area contributed by atoms with Crippen molar-refractivity contribution in [3.63, 3.8) is 0 Å². The number of amides is 3. The smallest absolute Gasteiger partial charge is 0.427 e. The maximum atomic E-state index is 13.7. The summed E-state index contributed by atoms with van der Waals surface area (Å²) >= 11 is 0. The van der Waals surface area contributed by atoms with Crippen LogP contribution in [0.1, 0.15) is 72.8 Å². The Labute approximate surface area is 210 Å². The zero-order valence-corrected chi connectivity index (χ0v) is 22.0. The van der Waals surface area contributed by atoms with Crippen molar-refractivity contribution >= 4 is 24.0 Å². The van der Waals surface area contributed by atoms with Crippen LogP contribution in [0.4, 0.5) is 19.9 Å². The SMILES string of the molecule is CC(C)C(=O)N1CCn2nc(N(C(=O)OC(C)(C)C)C(=O)OC(C)(C)C)nc2C1c1ccc(F)cc1. The second kappa shape index (κ2) is 9.87. The predicted octanol–water partition coefficient (Wildman–Crippen LogP) is 4.68. The van der Waals surface area contributed by atoms with Crippen LogP contribution in [0.2, 0.25) is 0 Å². The van der Waals surface area contributed by atoms with Crippen LogP contribution in [-0.4, -0.2) is 55.5 Å². The van der Waals surface area contributed by atoms with Gasteiger partial charge in [0.05, 0.1) is 6.54 Å². The van der Waals surface area contributed by atoms with E-state index < -0.39 is 35.2 Å². The molecule has 2 heterocycles. The summed E-state index contributed by atoms with van der Waals surface area (Å²) in [7, 11) is 0. The summed E-state index contributed by atoms with van der Waals surface area (Å²) in [5.41, 5.74) is -1.17. The minimum atomic E-state index is -0.992. The second-order valence-electron chi connectivity index (χ2n) is 10.9. The normalized spacial score (nSPS) is 15.9. The molecule has 0 fully saturated rings. The summed E-state index contributed by atoms with van der Waals surface area (Å²) in [4.78, 5) is 46.0. The Morgan fingerprint density at radius 1 is 0.972 bits per heavy atom. The van der Waals surface area contributed by atoms with Gasteiger partial charge in [0, 0.05) is 12.5 Å². The van der Waals surface area contributed by atoms with Gasteiger partial charge in [-0.2, -0.15) is 4.98 Å². The molecule has 36 heavy (non-hydrogen) atoms. The van der Waals surface area contributed by atoms with Crippen molar-refractivity contribution in [2.75, 3.05) is 11.4 Å². The Morgan fingerprint density at radius 2 is 1.50 bits per heavy atom. The number of aromatic nitrogens is 3. The van der Waals surface area contributed by atoms with Gasteiger partial charge in [-0.15, -0.1) is 10.00 Å². The van der Waals surface area contributed by atoms with Crippen molar-refractivity contribution in [3.8, 4) is 0 Å². The zero-order valence-electron chi connectivity index (χ0n) is 22.0. The fourth-order valence-corrected chi connectivity index (χ4v) is 3.67. The molecule has 3 amide bonds. The first-order chi connectivity index (χ1) is 16.6. The lowest BCUT2D eigenvalue weighted by atomic mass is 10.0. The van der Waals surface area contributed by atoms with Gasteiger partial charge in [-0.1, -0.05) is 26.0 Å². The van der Waals surface area contributed by atoms with Crippen LogP contribution >= 0.6 is 0 Å². The highest BCUT2D eigenvalue weighted by Crippen LogP contribution is 2.33. The molecule has 0 saturated carbocycles. The summed E-state index contributed by atoms with van der Waals surface area (Å²) in [6.45, 7) is 14.2. The number of fused-ring (bicyclic) bond motifs is 1. The number of carbonyl (C=O) groups is 3. The first-order valence-corrected chi connectivity index (χ1v) is 11.8. The number of halogens is 1. The Hall–Kier alpha value is -3.50. The maximum Gasteiger partial charge on any atom is 0.427 e. The van der Waals surface area contributed by atoms with Crippen LogP contribution in [-0.2, 0) is 20.8 Å². The average molecular weight is 504 g/mol. The molecule has 10 nitrogen and oxygen atoms in total. The first-order valence-electron chi connectivity index (χ1n) is 11.8. The summed E-state index contributed by atoms with van der Waals surface area (Å²) in [6.07, 6.45) is -1.98. The molecule has 1 unspecified atom stereocenters. The number of benzene rings is 1. The maximum absolute atomic E-state index is 13.7. The number of rotatable bonds is 3. The molecule has 11 heteroatoms. The fraction of sp³-hybridized carbons (Fsp3) is 0.560. The van der Waals surface area contributed by atoms with Crippen molar-refractivity contribution in [1.82, 2.24) is 19.7 Å². The van der Waals surface area contributed by atoms with Gasteiger partial charge in [-0.05, 0) is 59.2 Å². The molecule has 1 aliphatic rings. The molecule has 0 bridgehead atoms. The average Bonchev–Trinajstić information content (AvgIpc) is 3.14. The van der Waals surface area contributed by atoms with E-state index in [1.807, 2.05) is 0 Å². The summed E-state index contributed by atoms with van der Waals surface area (Å²) in [5, 5.41) is 4.40. The number of imide groups is 1. The van der Waals surface area contributed by atoms with Gasteiger partial charge in [0.1, 0.15) is 23.1 Å². The molecule has 0 spiro atoms. The predicted molar refractivity (Wildman–Crippen MR) is 130 cm³/mol. The summed E-state index contributed by atoms with van der Waals surface area (Å²) in [6, 6.07) is 5.05. The van der Waals surface area contributed by atoms with Gasteiger partial charge in [0.2, 0.25) is 5.91 Å². The Bertz CT molecular complexity index is 1100. The molecule has 1 atom stereocenters. The summed E-state index contributed by atoms with van der Waals surface area (Å²) < 4.78 is 26.1. The van der Waals surface area contributed by atoms with Gasteiger partial charge in [0.15, 0.2) is 5.82 Å². The highest BCUT2D eigenvalue weighted by Gasteiger charge is 2.40. The fourth-order valence-electron chi connectivity index (χ4n) is 3.67. The molecule has 1 aromatic carbocycles. The molecule has 3 rings (SSSR count). The molecule has 0 radical (unpaired) electrons. The monoisotopic (exact) mass is 503 g/mol. The van der Waals surface area contributed by atoms with Crippen molar-refractivity contribution in [3.05, 3.63) is 41.5 Å². The van der Waals surface area contributed by atoms with Gasteiger partial charge < -0.3 is 14.4 Å². The summed E-state index contributed by atoms with van der Waals surface area (Å²) in [5.74, 6) is -0.730. The van der Waals surface area contributed by atoms with Crippen LogP contribution < -0.4 is 4.90 Å². The highest BCUT2D eigenvalue weighted by atomic mass is 19.1. The van der Waals surface area contributed by atoms with Crippen molar-refractivity contribution in [1.29, 1.82) is 0 Å². The zero-order chi connectivity index (χ0) is 27.0. The third-order valence-corrected chi connectivity index (χ3v) is 5.11. The van der Waals surface area contributed by atoms with Crippen LogP contribution in [0, 0.1) is 11.7 Å². The van der Waals surface area contributed by atoms with Crippen molar-refractivity contribution in [2.45, 2.75) is 79.2 Å². The molecule has 0 aliphatic carbocycles. The lowest BCUT2D eigenvalue weighted by Crippen LogP contribution is -2.44. The van der Waals surface area contributed by atoms with Crippen molar-refractivity contribution < 1.29 is 28.2 Å². The standard InChI is InChI=1S/C25H34FN5O5/c1-15(2)20(32)29-13-14-30-19(18(29)16-9-11-17(26)12-10-16)27-21(28-30)31(22(33)35-24(3,4)5)23(34)36-25(6,7)8/h9-12,15,18H,13-14H2,1-8H3. The van der Waals surface area contributed by atoms with E-state index in [-0.39, 0.29) is 24.3 Å². The number of nitrogens with zero attached hydrogens (tertiary/aromatic N) is 5. The second-order valence-corrected chi connectivity index (χ2v) is 10.9. The van der Waals surface area contributed by atoms with E-state index >= 15 is 0 Å². The lowest BCUT2D eigenvalue weighted by Gasteiger charge is -2.36. The third kappa shape index (κ3) is 6.19. The number of carbonyl (C=O) groups excluding carboxylic acids is 3. The van der Waals surface area contributed by atoms with Crippen LogP contribution in [0.25, 0.3) is 0 Å². The van der Waals surface area contributed by atoms with E-state index in [9.17, 15) is 18.8 Å². The van der Waals surface area contributed by atoms with E-state index in [0.29, 0.717) is 22.8 Å². The molecule has 0 N–H and O–H groups in total.